The quantitative estimate of drug-likeness (QED) is 0.617. The van der Waals surface area contributed by atoms with E-state index < -0.39 is 0 Å². The zero-order chi connectivity index (χ0) is 11.7. The number of hydrogen-bond acceptors (Lipinski definition) is 4. The number of nitro groups is 1. The van der Waals surface area contributed by atoms with Crippen LogP contribution in [0.2, 0.25) is 0 Å². The van der Waals surface area contributed by atoms with Crippen LogP contribution in [0.1, 0.15) is 5.56 Å². The summed E-state index contributed by atoms with van der Waals surface area (Å²) in [5.41, 5.74) is 2.17. The Bertz CT molecular complexity index is 416. The highest BCUT2D eigenvalue weighted by atomic mass is 16.6. The molecule has 5 heteroatoms. The summed E-state index contributed by atoms with van der Waals surface area (Å²) in [5, 5.41) is 13.9. The molecule has 1 saturated heterocycles. The number of aryl methyl sites for hydroxylation is 1. The van der Waals surface area contributed by atoms with Crippen molar-refractivity contribution in [1.82, 2.24) is 5.32 Å². The lowest BCUT2D eigenvalue weighted by atomic mass is 10.1. The lowest BCUT2D eigenvalue weighted by Crippen LogP contribution is -2.56. The van der Waals surface area contributed by atoms with Crippen LogP contribution in [0.15, 0.2) is 18.2 Å². The Labute approximate surface area is 94.2 Å². The van der Waals surface area contributed by atoms with E-state index in [0.717, 1.165) is 24.3 Å². The number of non-ortho nitro benzene ring substituents is 1. The summed E-state index contributed by atoms with van der Waals surface area (Å²) >= 11 is 0. The second-order valence-corrected chi connectivity index (χ2v) is 4.15. The van der Waals surface area contributed by atoms with Gasteiger partial charge < -0.3 is 10.2 Å². The largest absolute Gasteiger partial charge is 0.369 e. The van der Waals surface area contributed by atoms with Gasteiger partial charge in [-0.1, -0.05) is 6.07 Å². The van der Waals surface area contributed by atoms with Crippen LogP contribution in [0.3, 0.4) is 0 Å². The molecular weight excluding hydrogens is 206 g/mol. The number of benzene rings is 1. The third-order valence-corrected chi connectivity index (χ3v) is 3.09. The molecule has 0 aromatic heterocycles. The van der Waals surface area contributed by atoms with Crippen molar-refractivity contribution in [3.8, 4) is 0 Å². The first-order valence-corrected chi connectivity index (χ1v) is 5.28. The van der Waals surface area contributed by atoms with Crippen LogP contribution in [0.5, 0.6) is 0 Å². The predicted molar refractivity (Wildman–Crippen MR) is 62.9 cm³/mol. The van der Waals surface area contributed by atoms with Gasteiger partial charge >= 0.3 is 0 Å². The standard InChI is InChI=1S/C11H15N3O2/c1-8-3-4-9(14(15)16)5-11(8)13(2)10-6-12-7-10/h3-5,10,12H,6-7H2,1-2H3. The lowest BCUT2D eigenvalue weighted by molar-refractivity contribution is -0.384. The van der Waals surface area contributed by atoms with E-state index in [2.05, 4.69) is 10.2 Å². The molecule has 0 aliphatic carbocycles. The summed E-state index contributed by atoms with van der Waals surface area (Å²) in [4.78, 5) is 12.5. The highest BCUT2D eigenvalue weighted by Crippen LogP contribution is 2.26. The number of nitrogens with zero attached hydrogens (tertiary/aromatic N) is 2. The van der Waals surface area contributed by atoms with E-state index in [-0.39, 0.29) is 10.6 Å². The molecule has 1 heterocycles. The minimum Gasteiger partial charge on any atom is -0.369 e. The molecule has 1 N–H and O–H groups in total. The number of rotatable bonds is 3. The monoisotopic (exact) mass is 221 g/mol. The summed E-state index contributed by atoms with van der Waals surface area (Å²) in [6.45, 7) is 3.86. The minimum atomic E-state index is -0.351. The van der Waals surface area contributed by atoms with E-state index in [0.29, 0.717) is 6.04 Å². The summed E-state index contributed by atoms with van der Waals surface area (Å²) < 4.78 is 0. The second kappa shape index (κ2) is 4.09. The van der Waals surface area contributed by atoms with Gasteiger partial charge in [-0.05, 0) is 12.5 Å². The fourth-order valence-corrected chi connectivity index (χ4v) is 1.84. The van der Waals surface area contributed by atoms with Crippen LogP contribution in [0.25, 0.3) is 0 Å². The van der Waals surface area contributed by atoms with E-state index in [4.69, 9.17) is 0 Å². The van der Waals surface area contributed by atoms with Gasteiger partial charge in [0.25, 0.3) is 5.69 Å². The molecule has 1 aromatic carbocycles. The van der Waals surface area contributed by atoms with Gasteiger partial charge in [0.05, 0.1) is 11.0 Å². The van der Waals surface area contributed by atoms with E-state index in [1.54, 1.807) is 18.2 Å². The third-order valence-electron chi connectivity index (χ3n) is 3.09. The fourth-order valence-electron chi connectivity index (χ4n) is 1.84. The summed E-state index contributed by atoms with van der Waals surface area (Å²) in [5.74, 6) is 0. The minimum absolute atomic E-state index is 0.153. The maximum Gasteiger partial charge on any atom is 0.271 e. The van der Waals surface area contributed by atoms with Crippen molar-refractivity contribution < 1.29 is 4.92 Å². The first kappa shape index (κ1) is 10.9. The Balaban J connectivity index is 2.30. The van der Waals surface area contributed by atoms with Crippen LogP contribution in [0, 0.1) is 17.0 Å². The van der Waals surface area contributed by atoms with Gasteiger partial charge in [-0.2, -0.15) is 0 Å². The number of likely N-dealkylation sites (N-methyl/N-ethyl adjacent to an activating group) is 1. The van der Waals surface area contributed by atoms with E-state index in [9.17, 15) is 10.1 Å². The van der Waals surface area contributed by atoms with Gasteiger partial charge in [0, 0.05) is 38.0 Å². The molecule has 1 aromatic rings. The number of nitrogens with one attached hydrogen (secondary N) is 1. The molecule has 1 aliphatic rings. The highest BCUT2D eigenvalue weighted by Gasteiger charge is 2.23. The van der Waals surface area contributed by atoms with Crippen molar-refractivity contribution in [2.75, 3.05) is 25.0 Å². The van der Waals surface area contributed by atoms with Crippen molar-refractivity contribution >= 4 is 11.4 Å². The molecule has 0 atom stereocenters. The lowest BCUT2D eigenvalue weighted by Gasteiger charge is -2.37. The normalized spacial score (nSPS) is 15.6. The third kappa shape index (κ3) is 1.86. The Morgan fingerprint density at radius 3 is 2.69 bits per heavy atom. The second-order valence-electron chi connectivity index (χ2n) is 4.15. The SMILES string of the molecule is Cc1ccc([N+](=O)[O-])cc1N(C)C1CNC1. The molecule has 2 rings (SSSR count). The molecule has 1 aliphatic heterocycles. The predicted octanol–water partition coefficient (Wildman–Crippen LogP) is 1.31. The number of anilines is 1. The van der Waals surface area contributed by atoms with Crippen LogP contribution < -0.4 is 10.2 Å². The smallest absolute Gasteiger partial charge is 0.271 e. The molecular formula is C11H15N3O2. The number of nitro benzene ring substituents is 1. The zero-order valence-electron chi connectivity index (χ0n) is 9.43. The van der Waals surface area contributed by atoms with Gasteiger partial charge in [-0.25, -0.2) is 0 Å². The van der Waals surface area contributed by atoms with Crippen molar-refractivity contribution in [2.24, 2.45) is 0 Å². The Morgan fingerprint density at radius 1 is 1.50 bits per heavy atom. The van der Waals surface area contributed by atoms with Crippen molar-refractivity contribution in [3.05, 3.63) is 33.9 Å². The van der Waals surface area contributed by atoms with Crippen molar-refractivity contribution in [1.29, 1.82) is 0 Å². The molecule has 0 saturated carbocycles. The van der Waals surface area contributed by atoms with Crippen LogP contribution in [-0.2, 0) is 0 Å². The molecule has 0 amide bonds. The molecule has 5 nitrogen and oxygen atoms in total. The maximum absolute atomic E-state index is 10.7. The van der Waals surface area contributed by atoms with Gasteiger partial charge in [0.15, 0.2) is 0 Å². The van der Waals surface area contributed by atoms with Crippen LogP contribution >= 0.6 is 0 Å². The Kier molecular flexibility index (Phi) is 2.78. The molecule has 0 unspecified atom stereocenters. The highest BCUT2D eigenvalue weighted by molar-refractivity contribution is 5.59. The first-order chi connectivity index (χ1) is 7.59. The maximum atomic E-state index is 10.7. The van der Waals surface area contributed by atoms with E-state index in [1.807, 2.05) is 14.0 Å². The van der Waals surface area contributed by atoms with Crippen LogP contribution in [-0.4, -0.2) is 31.1 Å². The Morgan fingerprint density at radius 2 is 2.19 bits per heavy atom. The first-order valence-electron chi connectivity index (χ1n) is 5.28. The van der Waals surface area contributed by atoms with Gasteiger partial charge in [-0.3, -0.25) is 10.1 Å². The molecule has 1 fully saturated rings. The summed E-state index contributed by atoms with van der Waals surface area (Å²) in [6.07, 6.45) is 0. The molecule has 0 radical (unpaired) electrons. The Hall–Kier alpha value is -1.62. The molecule has 0 bridgehead atoms. The topological polar surface area (TPSA) is 58.4 Å². The van der Waals surface area contributed by atoms with Gasteiger partial charge in [-0.15, -0.1) is 0 Å². The molecule has 86 valence electrons. The number of hydrogen-bond donors (Lipinski definition) is 1. The summed E-state index contributed by atoms with van der Waals surface area (Å²) in [6, 6.07) is 5.44. The zero-order valence-corrected chi connectivity index (χ0v) is 9.43. The van der Waals surface area contributed by atoms with Crippen molar-refractivity contribution in [3.63, 3.8) is 0 Å². The van der Waals surface area contributed by atoms with E-state index in [1.165, 1.54) is 0 Å². The average Bonchev–Trinajstić information content (AvgIpc) is 2.15. The van der Waals surface area contributed by atoms with Gasteiger partial charge in [0.1, 0.15) is 0 Å². The van der Waals surface area contributed by atoms with E-state index >= 15 is 0 Å². The average molecular weight is 221 g/mol. The molecule has 0 spiro atoms. The molecule has 16 heavy (non-hydrogen) atoms. The van der Waals surface area contributed by atoms with Crippen LogP contribution in [0.4, 0.5) is 11.4 Å². The van der Waals surface area contributed by atoms with Gasteiger partial charge in [0.2, 0.25) is 0 Å². The summed E-state index contributed by atoms with van der Waals surface area (Å²) in [7, 11) is 1.98. The van der Waals surface area contributed by atoms with Crippen molar-refractivity contribution in [2.45, 2.75) is 13.0 Å². The fraction of sp³-hybridized carbons (Fsp3) is 0.455.